The minimum Gasteiger partial charge on any atom is -0.244 e. The zero-order valence-electron chi connectivity index (χ0n) is 12.4. The van der Waals surface area contributed by atoms with Crippen molar-refractivity contribution in [1.29, 1.82) is 0 Å². The van der Waals surface area contributed by atoms with Crippen LogP contribution in [0.15, 0.2) is 0 Å². The number of hydrogen-bond acceptors (Lipinski definition) is 3. The Morgan fingerprint density at radius 2 is 0.833 bits per heavy atom. The van der Waals surface area contributed by atoms with Crippen molar-refractivity contribution in [3.8, 4) is 0 Å². The number of ether oxygens (including phenoxy) is 1. The lowest BCUT2D eigenvalue weighted by Crippen LogP contribution is -2.71. The molecule has 0 spiro atoms. The molecule has 0 aromatic heterocycles. The quantitative estimate of drug-likeness (QED) is 0.144. The fourth-order valence-electron chi connectivity index (χ4n) is 1.18. The fourth-order valence-corrected chi connectivity index (χ4v) is 1.85. The van der Waals surface area contributed by atoms with Gasteiger partial charge in [-0.3, -0.25) is 0 Å². The second kappa shape index (κ2) is 7.23. The molecule has 0 rings (SSSR count). The number of rotatable bonds is 9. The van der Waals surface area contributed by atoms with Crippen molar-refractivity contribution in [2.24, 2.45) is 0 Å². The first kappa shape index (κ1) is 29.5. The average molecular weight is 626 g/mol. The van der Waals surface area contributed by atoms with Gasteiger partial charge in [-0.05, 0) is 0 Å². The van der Waals surface area contributed by atoms with Crippen molar-refractivity contribution in [1.82, 2.24) is 0 Å². The second-order valence-corrected chi connectivity index (χ2v) is 7.63. The van der Waals surface area contributed by atoms with Gasteiger partial charge in [-0.1, -0.05) is 3.89 Å². The van der Waals surface area contributed by atoms with Crippen LogP contribution in [0.5, 0.6) is 0 Å². The van der Waals surface area contributed by atoms with Gasteiger partial charge in [0.1, 0.15) is 0 Å². The maximum Gasteiger partial charge on any atom is 0.464 e. The van der Waals surface area contributed by atoms with Gasteiger partial charge in [0.15, 0.2) is 0 Å². The zero-order chi connectivity index (χ0) is 25.2. The maximum atomic E-state index is 13.1. The first-order valence-corrected chi connectivity index (χ1v) is 8.27. The van der Waals surface area contributed by atoms with Gasteiger partial charge in [-0.15, -0.1) is 0 Å². The summed E-state index contributed by atoms with van der Waals surface area (Å²) in [7, 11) is -8.03. The molecule has 0 atom stereocenters. The molecule has 3 nitrogen and oxygen atoms in total. The summed E-state index contributed by atoms with van der Waals surface area (Å²) in [4.78, 5) is 0. The molecule has 182 valence electrons. The van der Waals surface area contributed by atoms with E-state index in [1.807, 2.05) is 0 Å². The SMILES string of the molecule is O=S(=O)(F)C(F)(F)C(F)(F)OC(F)(F)C(F)(F)C(F)(F)C(F)(F)C(F)(F)C(F)(F)I. The van der Waals surface area contributed by atoms with Crippen LogP contribution in [0.1, 0.15) is 0 Å². The summed E-state index contributed by atoms with van der Waals surface area (Å²) in [5.74, 6) is -32.7. The Labute approximate surface area is 165 Å². The van der Waals surface area contributed by atoms with Crippen molar-refractivity contribution in [2.75, 3.05) is 0 Å². The van der Waals surface area contributed by atoms with Crippen molar-refractivity contribution < 1.29 is 87.3 Å². The second-order valence-electron chi connectivity index (χ2n) is 4.89. The molecular weight excluding hydrogens is 626 g/mol. The van der Waals surface area contributed by atoms with Gasteiger partial charge in [0.25, 0.3) is 0 Å². The van der Waals surface area contributed by atoms with Gasteiger partial charge in [-0.25, -0.2) is 4.74 Å². The van der Waals surface area contributed by atoms with E-state index >= 15 is 0 Å². The zero-order valence-corrected chi connectivity index (χ0v) is 15.4. The summed E-state index contributed by atoms with van der Waals surface area (Å²) in [6.45, 7) is 0. The molecule has 0 heterocycles. The Morgan fingerprint density at radius 1 is 0.533 bits per heavy atom. The number of halogens is 18. The minimum absolute atomic E-state index is 1.01. The highest BCUT2D eigenvalue weighted by molar-refractivity contribution is 14.1. The van der Waals surface area contributed by atoms with E-state index in [4.69, 9.17) is 0 Å². The fraction of sp³-hybridized carbons (Fsp3) is 1.00. The predicted molar refractivity (Wildman–Crippen MR) is 64.7 cm³/mol. The lowest BCUT2D eigenvalue weighted by molar-refractivity contribution is -0.497. The van der Waals surface area contributed by atoms with Gasteiger partial charge >= 0.3 is 55.3 Å². The predicted octanol–water partition coefficient (Wildman–Crippen LogP) is 5.65. The van der Waals surface area contributed by atoms with E-state index in [0.717, 1.165) is 4.74 Å². The van der Waals surface area contributed by atoms with Crippen LogP contribution in [0, 0.1) is 0 Å². The highest BCUT2D eigenvalue weighted by Gasteiger charge is 2.91. The van der Waals surface area contributed by atoms with Crippen LogP contribution < -0.4 is 0 Å². The number of alkyl halides is 17. The molecule has 0 aliphatic rings. The van der Waals surface area contributed by atoms with E-state index < -0.39 is 77.9 Å². The molecule has 0 amide bonds. The summed E-state index contributed by atoms with van der Waals surface area (Å²) in [6, 6.07) is 0. The molecule has 0 unspecified atom stereocenters. The molecule has 0 radical (unpaired) electrons. The molecule has 22 heteroatoms. The minimum atomic E-state index is -8.46. The van der Waals surface area contributed by atoms with Gasteiger partial charge in [0.05, 0.1) is 0 Å². The van der Waals surface area contributed by atoms with Crippen LogP contribution in [0.4, 0.5) is 74.1 Å². The molecule has 0 N–H and O–H groups in total. The Hall–Kier alpha value is -0.550. The standard InChI is InChI=1S/C8F17IO3S/c9-1(10,3(13,14)5(17,18)26)2(11,12)4(15,16)6(19,20)29-7(21,22)8(23,24)30(25,27)28. The topological polar surface area (TPSA) is 43.4 Å². The third-order valence-corrected chi connectivity index (χ3v) is 4.33. The molecular formula is C8F17IO3S. The molecule has 0 aliphatic carbocycles. The van der Waals surface area contributed by atoms with Gasteiger partial charge < -0.3 is 0 Å². The normalized spacial score (nSPS) is 16.7. The molecule has 0 fully saturated rings. The van der Waals surface area contributed by atoms with Gasteiger partial charge in [0.2, 0.25) is 0 Å². The molecule has 0 saturated heterocycles. The van der Waals surface area contributed by atoms with E-state index in [-0.39, 0.29) is 0 Å². The molecule has 0 aromatic rings. The molecule has 0 saturated carbocycles. The van der Waals surface area contributed by atoms with Crippen molar-refractivity contribution in [3.05, 3.63) is 0 Å². The lowest BCUT2D eigenvalue weighted by Gasteiger charge is -2.40. The molecule has 0 aliphatic heterocycles. The van der Waals surface area contributed by atoms with E-state index in [2.05, 4.69) is 0 Å². The van der Waals surface area contributed by atoms with Crippen LogP contribution in [-0.4, -0.2) is 53.5 Å². The van der Waals surface area contributed by atoms with Crippen LogP contribution in [0.2, 0.25) is 0 Å². The molecule has 0 aromatic carbocycles. The Balaban J connectivity index is 6.53. The van der Waals surface area contributed by atoms with Crippen LogP contribution in [-0.2, 0) is 15.0 Å². The Morgan fingerprint density at radius 3 is 1.10 bits per heavy atom. The summed E-state index contributed by atoms with van der Waals surface area (Å²) >= 11 is -1.01. The van der Waals surface area contributed by atoms with Gasteiger partial charge in [0, 0.05) is 22.6 Å². The third kappa shape index (κ3) is 4.10. The summed E-state index contributed by atoms with van der Waals surface area (Å²) in [6.07, 6.45) is -15.8. The molecule has 0 bridgehead atoms. The van der Waals surface area contributed by atoms with Gasteiger partial charge in [-0.2, -0.15) is 78.7 Å². The largest absolute Gasteiger partial charge is 0.464 e. The Kier molecular flexibility index (Phi) is 7.10. The smallest absolute Gasteiger partial charge is 0.244 e. The lowest BCUT2D eigenvalue weighted by atomic mass is 9.98. The van der Waals surface area contributed by atoms with Crippen LogP contribution in [0.3, 0.4) is 0 Å². The first-order valence-electron chi connectivity index (χ1n) is 5.81. The highest BCUT2D eigenvalue weighted by Crippen LogP contribution is 2.62. The van der Waals surface area contributed by atoms with E-state index in [1.54, 1.807) is 0 Å². The maximum absolute atomic E-state index is 13.1. The molecule has 30 heavy (non-hydrogen) atoms. The van der Waals surface area contributed by atoms with Crippen molar-refractivity contribution in [2.45, 2.75) is 45.1 Å². The monoisotopic (exact) mass is 626 g/mol. The summed E-state index contributed by atoms with van der Waals surface area (Å²) in [5, 5.41) is -7.53. The summed E-state index contributed by atoms with van der Waals surface area (Å²) in [5.41, 5.74) is 0. The average Bonchev–Trinajstić information content (AvgIpc) is 2.42. The van der Waals surface area contributed by atoms with Crippen molar-refractivity contribution >= 4 is 32.8 Å². The van der Waals surface area contributed by atoms with Crippen LogP contribution in [0.25, 0.3) is 0 Å². The Bertz CT molecular complexity index is 753. The van der Waals surface area contributed by atoms with Crippen LogP contribution >= 0.6 is 22.6 Å². The van der Waals surface area contributed by atoms with E-state index in [0.29, 0.717) is 0 Å². The van der Waals surface area contributed by atoms with E-state index in [9.17, 15) is 82.6 Å². The highest BCUT2D eigenvalue weighted by atomic mass is 127. The summed E-state index contributed by atoms with van der Waals surface area (Å²) < 4.78 is 232. The van der Waals surface area contributed by atoms with Crippen molar-refractivity contribution in [3.63, 3.8) is 0 Å². The number of hydrogen-bond donors (Lipinski definition) is 0. The van der Waals surface area contributed by atoms with E-state index in [1.165, 1.54) is 0 Å². The first-order chi connectivity index (χ1) is 12.5. The third-order valence-electron chi connectivity index (χ3n) is 2.81.